The minimum absolute atomic E-state index is 0.0681. The van der Waals surface area contributed by atoms with Crippen molar-refractivity contribution in [3.8, 4) is 0 Å². The summed E-state index contributed by atoms with van der Waals surface area (Å²) in [5, 5.41) is 0. The van der Waals surface area contributed by atoms with Gasteiger partial charge >= 0.3 is 0 Å². The second-order valence-electron chi connectivity index (χ2n) is 4.39. The van der Waals surface area contributed by atoms with Crippen LogP contribution in [0.25, 0.3) is 0 Å². The Morgan fingerprint density at radius 2 is 2.39 bits per heavy atom. The van der Waals surface area contributed by atoms with Gasteiger partial charge in [0.2, 0.25) is 0 Å². The summed E-state index contributed by atoms with van der Waals surface area (Å²) in [6, 6.07) is 4.99. The highest BCUT2D eigenvalue weighted by Gasteiger charge is 2.16. The molecule has 5 heteroatoms. The van der Waals surface area contributed by atoms with E-state index >= 15 is 0 Å². The van der Waals surface area contributed by atoms with Crippen LogP contribution in [0.3, 0.4) is 0 Å². The van der Waals surface area contributed by atoms with Crippen molar-refractivity contribution in [3.63, 3.8) is 0 Å². The summed E-state index contributed by atoms with van der Waals surface area (Å²) in [6.07, 6.45) is 1.01. The van der Waals surface area contributed by atoms with Crippen molar-refractivity contribution in [3.05, 3.63) is 35.1 Å². The summed E-state index contributed by atoms with van der Waals surface area (Å²) in [5.74, 6) is 0.0412. The third-order valence-corrected chi connectivity index (χ3v) is 3.20. The van der Waals surface area contributed by atoms with Gasteiger partial charge in [-0.05, 0) is 12.5 Å². The van der Waals surface area contributed by atoms with Crippen LogP contribution in [0.1, 0.15) is 17.5 Å². The van der Waals surface area contributed by atoms with Gasteiger partial charge in [0.15, 0.2) is 0 Å². The van der Waals surface area contributed by atoms with Crippen LogP contribution in [0.2, 0.25) is 0 Å². The largest absolute Gasteiger partial charge is 0.389 e. The van der Waals surface area contributed by atoms with E-state index in [0.29, 0.717) is 18.1 Å². The summed E-state index contributed by atoms with van der Waals surface area (Å²) in [7, 11) is 0. The highest BCUT2D eigenvalue weighted by molar-refractivity contribution is 7.80. The van der Waals surface area contributed by atoms with E-state index < -0.39 is 0 Å². The van der Waals surface area contributed by atoms with Crippen LogP contribution in [0.5, 0.6) is 0 Å². The van der Waals surface area contributed by atoms with Gasteiger partial charge in [-0.25, -0.2) is 4.39 Å². The van der Waals surface area contributed by atoms with Gasteiger partial charge in [-0.1, -0.05) is 24.4 Å². The van der Waals surface area contributed by atoms with Crippen molar-refractivity contribution in [2.24, 2.45) is 11.7 Å². The molecule has 1 aromatic carbocycles. The van der Waals surface area contributed by atoms with Crippen LogP contribution in [0, 0.1) is 11.7 Å². The van der Waals surface area contributed by atoms with Crippen LogP contribution < -0.4 is 5.73 Å². The van der Waals surface area contributed by atoms with E-state index in [4.69, 9.17) is 27.4 Å². The quantitative estimate of drug-likeness (QED) is 0.831. The lowest BCUT2D eigenvalue weighted by atomic mass is 10.1. The maximum atomic E-state index is 14.0. The van der Waals surface area contributed by atoms with Gasteiger partial charge in [0.1, 0.15) is 10.8 Å². The number of rotatable bonds is 5. The van der Waals surface area contributed by atoms with Crippen LogP contribution >= 0.6 is 12.2 Å². The minimum Gasteiger partial charge on any atom is -0.389 e. The van der Waals surface area contributed by atoms with E-state index in [1.165, 1.54) is 0 Å². The zero-order valence-electron chi connectivity index (χ0n) is 10.0. The Morgan fingerprint density at radius 1 is 1.56 bits per heavy atom. The summed E-state index contributed by atoms with van der Waals surface area (Å²) in [4.78, 5) is 0.0681. The second-order valence-corrected chi connectivity index (χ2v) is 4.83. The first-order valence-electron chi connectivity index (χ1n) is 5.91. The Labute approximate surface area is 111 Å². The molecule has 0 saturated carbocycles. The molecule has 0 amide bonds. The summed E-state index contributed by atoms with van der Waals surface area (Å²) >= 11 is 4.79. The molecule has 1 atom stereocenters. The van der Waals surface area contributed by atoms with Crippen molar-refractivity contribution < 1.29 is 13.9 Å². The Balaban J connectivity index is 1.92. The standard InChI is InChI=1S/C13H16FNO2S/c14-12-10(2-1-3-11(12)13(15)18)8-17-7-9-4-5-16-6-9/h1-3,9H,4-8H2,(H2,15,18). The normalized spacial score (nSPS) is 19.1. The smallest absolute Gasteiger partial charge is 0.138 e. The van der Waals surface area contributed by atoms with Crippen LogP contribution in [-0.4, -0.2) is 24.8 Å². The summed E-state index contributed by atoms with van der Waals surface area (Å²) in [6.45, 7) is 2.35. The summed E-state index contributed by atoms with van der Waals surface area (Å²) in [5.41, 5.74) is 6.20. The van der Waals surface area contributed by atoms with Gasteiger partial charge < -0.3 is 15.2 Å². The van der Waals surface area contributed by atoms with Gasteiger partial charge in [0, 0.05) is 23.7 Å². The number of ether oxygens (including phenoxy) is 2. The molecule has 1 heterocycles. The predicted molar refractivity (Wildman–Crippen MR) is 70.9 cm³/mol. The second kappa shape index (κ2) is 6.22. The van der Waals surface area contributed by atoms with E-state index in [-0.39, 0.29) is 23.0 Å². The van der Waals surface area contributed by atoms with Crippen molar-refractivity contribution in [1.29, 1.82) is 0 Å². The highest BCUT2D eigenvalue weighted by atomic mass is 32.1. The van der Waals surface area contributed by atoms with Gasteiger partial charge in [0.25, 0.3) is 0 Å². The molecule has 0 radical (unpaired) electrons. The van der Waals surface area contributed by atoms with Gasteiger partial charge in [0.05, 0.1) is 19.8 Å². The van der Waals surface area contributed by atoms with Gasteiger partial charge in [-0.2, -0.15) is 0 Å². The van der Waals surface area contributed by atoms with Crippen molar-refractivity contribution in [1.82, 2.24) is 0 Å². The van der Waals surface area contributed by atoms with Crippen LogP contribution in [0.15, 0.2) is 18.2 Å². The molecular formula is C13H16FNO2S. The first kappa shape index (κ1) is 13.4. The third-order valence-electron chi connectivity index (χ3n) is 2.98. The molecule has 1 saturated heterocycles. The molecular weight excluding hydrogens is 253 g/mol. The Hall–Kier alpha value is -1.04. The molecule has 3 nitrogen and oxygen atoms in total. The van der Waals surface area contributed by atoms with Gasteiger partial charge in [-0.3, -0.25) is 0 Å². The number of thiocarbonyl (C=S) groups is 1. The van der Waals surface area contributed by atoms with Crippen molar-refractivity contribution in [2.75, 3.05) is 19.8 Å². The minimum atomic E-state index is -0.382. The number of hydrogen-bond donors (Lipinski definition) is 1. The van der Waals surface area contributed by atoms with Crippen molar-refractivity contribution in [2.45, 2.75) is 13.0 Å². The number of halogens is 1. The fourth-order valence-corrected chi connectivity index (χ4v) is 2.09. The van der Waals surface area contributed by atoms with E-state index in [1.807, 2.05) is 0 Å². The fraction of sp³-hybridized carbons (Fsp3) is 0.462. The first-order chi connectivity index (χ1) is 8.68. The van der Waals surface area contributed by atoms with Gasteiger partial charge in [-0.15, -0.1) is 0 Å². The molecule has 2 rings (SSSR count). The zero-order chi connectivity index (χ0) is 13.0. The highest BCUT2D eigenvalue weighted by Crippen LogP contribution is 2.16. The fourth-order valence-electron chi connectivity index (χ4n) is 1.93. The van der Waals surface area contributed by atoms with E-state index in [2.05, 4.69) is 0 Å². The molecule has 1 aliphatic heterocycles. The Kier molecular flexibility index (Phi) is 4.63. The lowest BCUT2D eigenvalue weighted by Gasteiger charge is -2.10. The van der Waals surface area contributed by atoms with Crippen LogP contribution in [-0.2, 0) is 16.1 Å². The average Bonchev–Trinajstić information content (AvgIpc) is 2.84. The maximum Gasteiger partial charge on any atom is 0.138 e. The molecule has 1 fully saturated rings. The maximum absolute atomic E-state index is 14.0. The molecule has 2 N–H and O–H groups in total. The number of hydrogen-bond acceptors (Lipinski definition) is 3. The molecule has 98 valence electrons. The molecule has 0 bridgehead atoms. The molecule has 0 aliphatic carbocycles. The summed E-state index contributed by atoms with van der Waals surface area (Å²) < 4.78 is 24.7. The van der Waals surface area contributed by atoms with Crippen molar-refractivity contribution >= 4 is 17.2 Å². The molecule has 1 unspecified atom stereocenters. The zero-order valence-corrected chi connectivity index (χ0v) is 10.8. The first-order valence-corrected chi connectivity index (χ1v) is 6.32. The SMILES string of the molecule is NC(=S)c1cccc(COCC2CCOC2)c1F. The number of benzene rings is 1. The monoisotopic (exact) mass is 269 g/mol. The van der Waals surface area contributed by atoms with E-state index in [0.717, 1.165) is 19.6 Å². The Bertz CT molecular complexity index is 433. The Morgan fingerprint density at radius 3 is 3.06 bits per heavy atom. The predicted octanol–water partition coefficient (Wildman–Crippen LogP) is 2.01. The topological polar surface area (TPSA) is 44.5 Å². The van der Waals surface area contributed by atoms with Crippen LogP contribution in [0.4, 0.5) is 4.39 Å². The molecule has 18 heavy (non-hydrogen) atoms. The van der Waals surface area contributed by atoms with E-state index in [1.54, 1.807) is 18.2 Å². The average molecular weight is 269 g/mol. The lowest BCUT2D eigenvalue weighted by Crippen LogP contribution is -2.14. The third kappa shape index (κ3) is 3.25. The lowest BCUT2D eigenvalue weighted by molar-refractivity contribution is 0.0775. The number of nitrogens with two attached hydrogens (primary N) is 1. The molecule has 0 aromatic heterocycles. The molecule has 0 spiro atoms. The molecule has 1 aliphatic rings. The molecule has 1 aromatic rings. The van der Waals surface area contributed by atoms with E-state index in [9.17, 15) is 4.39 Å².